The number of hydrogen-bond donors (Lipinski definition) is 2. The van der Waals surface area contributed by atoms with Crippen LogP contribution in [-0.4, -0.2) is 32.8 Å². The molecule has 0 radical (unpaired) electrons. The Balaban J connectivity index is 2.89. The van der Waals surface area contributed by atoms with Crippen LogP contribution in [0.1, 0.15) is 13.8 Å². The zero-order valence-corrected chi connectivity index (χ0v) is 12.4. The molecule has 1 aromatic carbocycles. The van der Waals surface area contributed by atoms with E-state index in [-0.39, 0.29) is 0 Å². The molecule has 0 aromatic heterocycles. The summed E-state index contributed by atoms with van der Waals surface area (Å²) >= 11 is 0. The number of anilines is 1. The zero-order valence-electron chi connectivity index (χ0n) is 12.4. The highest BCUT2D eigenvalue weighted by Crippen LogP contribution is 2.30. The zero-order chi connectivity index (χ0) is 14.8. The van der Waals surface area contributed by atoms with Crippen molar-refractivity contribution in [1.82, 2.24) is 5.32 Å². The summed E-state index contributed by atoms with van der Waals surface area (Å²) in [6.45, 7) is 9.56. The molecule has 0 saturated heterocycles. The fraction of sp³-hybridized carbons (Fsp3) is 0.400. The summed E-state index contributed by atoms with van der Waals surface area (Å²) in [6, 6.07) is 5.68. The predicted molar refractivity (Wildman–Crippen MR) is 84.0 cm³/mol. The number of methoxy groups -OCH3 is 1. The van der Waals surface area contributed by atoms with Crippen LogP contribution in [0.2, 0.25) is 0 Å². The maximum absolute atomic E-state index is 5.55. The number of hydrogen-bond acceptors (Lipinski definition) is 3. The van der Waals surface area contributed by atoms with Gasteiger partial charge in [-0.25, -0.2) is 4.99 Å². The van der Waals surface area contributed by atoms with Crippen LogP contribution in [0.15, 0.2) is 35.8 Å². The molecule has 5 nitrogen and oxygen atoms in total. The summed E-state index contributed by atoms with van der Waals surface area (Å²) < 4.78 is 10.8. The third kappa shape index (κ3) is 4.84. The molecule has 5 heteroatoms. The highest BCUT2D eigenvalue weighted by molar-refractivity contribution is 5.94. The van der Waals surface area contributed by atoms with Crippen molar-refractivity contribution < 1.29 is 9.47 Å². The maximum atomic E-state index is 5.55. The van der Waals surface area contributed by atoms with Crippen molar-refractivity contribution in [2.24, 2.45) is 4.99 Å². The molecule has 0 unspecified atom stereocenters. The van der Waals surface area contributed by atoms with E-state index in [0.29, 0.717) is 30.6 Å². The van der Waals surface area contributed by atoms with Crippen LogP contribution in [0.25, 0.3) is 0 Å². The fourth-order valence-electron chi connectivity index (χ4n) is 1.62. The molecular formula is C15H23N3O2. The first kappa shape index (κ1) is 15.9. The molecule has 0 aliphatic carbocycles. The van der Waals surface area contributed by atoms with Gasteiger partial charge in [-0.3, -0.25) is 0 Å². The van der Waals surface area contributed by atoms with E-state index in [0.717, 1.165) is 12.2 Å². The van der Waals surface area contributed by atoms with Crippen molar-refractivity contribution in [3.8, 4) is 11.5 Å². The van der Waals surface area contributed by atoms with Crippen LogP contribution < -0.4 is 20.1 Å². The van der Waals surface area contributed by atoms with E-state index < -0.39 is 0 Å². The van der Waals surface area contributed by atoms with E-state index in [2.05, 4.69) is 22.2 Å². The van der Waals surface area contributed by atoms with E-state index in [1.165, 1.54) is 0 Å². The van der Waals surface area contributed by atoms with Gasteiger partial charge in [0.05, 0.1) is 20.3 Å². The molecule has 0 bridgehead atoms. The van der Waals surface area contributed by atoms with Crippen molar-refractivity contribution in [2.75, 3.05) is 32.1 Å². The number of benzene rings is 1. The summed E-state index contributed by atoms with van der Waals surface area (Å²) in [5.74, 6) is 2.13. The lowest BCUT2D eigenvalue weighted by molar-refractivity contribution is 0.311. The number of aliphatic imine (C=N–C) groups is 1. The molecule has 2 N–H and O–H groups in total. The maximum Gasteiger partial charge on any atom is 0.196 e. The second-order valence-electron chi connectivity index (χ2n) is 3.93. The van der Waals surface area contributed by atoms with Gasteiger partial charge in [0.2, 0.25) is 0 Å². The smallest absolute Gasteiger partial charge is 0.196 e. The first-order chi connectivity index (χ1) is 9.74. The van der Waals surface area contributed by atoms with E-state index >= 15 is 0 Å². The van der Waals surface area contributed by atoms with Crippen molar-refractivity contribution in [2.45, 2.75) is 13.8 Å². The van der Waals surface area contributed by atoms with Gasteiger partial charge in [-0.2, -0.15) is 0 Å². The molecule has 1 rings (SSSR count). The monoisotopic (exact) mass is 277 g/mol. The lowest BCUT2D eigenvalue weighted by Gasteiger charge is -2.14. The van der Waals surface area contributed by atoms with Crippen LogP contribution in [0.3, 0.4) is 0 Å². The Kier molecular flexibility index (Phi) is 7.03. The molecule has 20 heavy (non-hydrogen) atoms. The number of rotatable bonds is 7. The van der Waals surface area contributed by atoms with Crippen molar-refractivity contribution >= 4 is 11.6 Å². The summed E-state index contributed by atoms with van der Waals surface area (Å²) in [5.41, 5.74) is 0.887. The molecule has 0 amide bonds. The van der Waals surface area contributed by atoms with Gasteiger partial charge in [-0.1, -0.05) is 6.08 Å². The van der Waals surface area contributed by atoms with Crippen LogP contribution in [0.4, 0.5) is 5.69 Å². The third-order valence-electron chi connectivity index (χ3n) is 2.45. The highest BCUT2D eigenvalue weighted by Gasteiger charge is 2.06. The van der Waals surface area contributed by atoms with Crippen LogP contribution in [0, 0.1) is 0 Å². The van der Waals surface area contributed by atoms with Crippen molar-refractivity contribution in [3.05, 3.63) is 30.9 Å². The first-order valence-corrected chi connectivity index (χ1v) is 6.72. The summed E-state index contributed by atoms with van der Waals surface area (Å²) in [6.07, 6.45) is 1.75. The predicted octanol–water partition coefficient (Wildman–Crippen LogP) is 2.66. The van der Waals surface area contributed by atoms with Gasteiger partial charge in [-0.15, -0.1) is 6.58 Å². The Morgan fingerprint density at radius 3 is 2.75 bits per heavy atom. The molecule has 1 aromatic rings. The molecule has 0 atom stereocenters. The average molecular weight is 277 g/mol. The average Bonchev–Trinajstić information content (AvgIpc) is 2.46. The van der Waals surface area contributed by atoms with Gasteiger partial charge in [0.25, 0.3) is 0 Å². The number of guanidine groups is 1. The molecule has 0 saturated carbocycles. The second kappa shape index (κ2) is 8.85. The molecule has 0 fully saturated rings. The molecular weight excluding hydrogens is 254 g/mol. The number of nitrogens with one attached hydrogen (secondary N) is 2. The molecule has 0 heterocycles. The third-order valence-corrected chi connectivity index (χ3v) is 2.45. The van der Waals surface area contributed by atoms with Crippen molar-refractivity contribution in [1.29, 1.82) is 0 Å². The second-order valence-corrected chi connectivity index (χ2v) is 3.93. The first-order valence-electron chi connectivity index (χ1n) is 6.72. The van der Waals surface area contributed by atoms with Gasteiger partial charge in [0.1, 0.15) is 0 Å². The minimum atomic E-state index is 0.559. The van der Waals surface area contributed by atoms with E-state index in [9.17, 15) is 0 Å². The molecule has 0 aliphatic heterocycles. The number of ether oxygens (including phenoxy) is 2. The van der Waals surface area contributed by atoms with Crippen molar-refractivity contribution in [3.63, 3.8) is 0 Å². The minimum absolute atomic E-state index is 0.559. The Hall–Kier alpha value is -2.17. The van der Waals surface area contributed by atoms with Gasteiger partial charge in [0.15, 0.2) is 17.5 Å². The van der Waals surface area contributed by atoms with Gasteiger partial charge >= 0.3 is 0 Å². The lowest BCUT2D eigenvalue weighted by atomic mass is 10.2. The summed E-state index contributed by atoms with van der Waals surface area (Å²) in [5, 5.41) is 6.39. The van der Waals surface area contributed by atoms with Gasteiger partial charge < -0.3 is 20.1 Å². The van der Waals surface area contributed by atoms with Crippen LogP contribution >= 0.6 is 0 Å². The Morgan fingerprint density at radius 2 is 2.15 bits per heavy atom. The van der Waals surface area contributed by atoms with Crippen LogP contribution in [-0.2, 0) is 0 Å². The minimum Gasteiger partial charge on any atom is -0.493 e. The molecule has 110 valence electrons. The van der Waals surface area contributed by atoms with E-state index in [4.69, 9.17) is 9.47 Å². The van der Waals surface area contributed by atoms with E-state index in [1.54, 1.807) is 13.2 Å². The standard InChI is InChI=1S/C15H23N3O2/c1-5-10-17-15(16-6-2)18-12-8-9-13(19-4)14(11-12)20-7-3/h5,8-9,11H,1,6-7,10H2,2-4H3,(H2,16,17,18). The normalized spacial score (nSPS) is 10.8. The summed E-state index contributed by atoms with van der Waals surface area (Å²) in [4.78, 5) is 4.35. The quantitative estimate of drug-likeness (QED) is 0.457. The SMILES string of the molecule is C=CCN=C(NCC)Nc1ccc(OC)c(OCC)c1. The fourth-order valence-corrected chi connectivity index (χ4v) is 1.62. The number of nitrogens with zero attached hydrogens (tertiary/aromatic N) is 1. The highest BCUT2D eigenvalue weighted by atomic mass is 16.5. The summed E-state index contributed by atoms with van der Waals surface area (Å²) in [7, 11) is 1.63. The topological polar surface area (TPSA) is 54.9 Å². The Morgan fingerprint density at radius 1 is 1.35 bits per heavy atom. The van der Waals surface area contributed by atoms with E-state index in [1.807, 2.05) is 32.0 Å². The Labute approximate surface area is 120 Å². The van der Waals surface area contributed by atoms with Gasteiger partial charge in [-0.05, 0) is 26.0 Å². The van der Waals surface area contributed by atoms with Crippen LogP contribution in [0.5, 0.6) is 11.5 Å². The van der Waals surface area contributed by atoms with Gasteiger partial charge in [0, 0.05) is 18.3 Å². The molecule has 0 spiro atoms. The molecule has 0 aliphatic rings. The Bertz CT molecular complexity index is 458. The largest absolute Gasteiger partial charge is 0.493 e. The lowest BCUT2D eigenvalue weighted by Crippen LogP contribution is -2.30.